The Hall–Kier alpha value is -3.74. The maximum Gasteiger partial charge on any atom is 0.295 e. The molecule has 2 aromatic carbocycles. The molecule has 0 unspecified atom stereocenters. The molecule has 1 aromatic heterocycles. The molecule has 2 heterocycles. The largest absolute Gasteiger partial charge is 0.507 e. The van der Waals surface area contributed by atoms with E-state index in [4.69, 9.17) is 0 Å². The minimum absolute atomic E-state index is 0.0143. The van der Waals surface area contributed by atoms with Gasteiger partial charge in [0.2, 0.25) is 0 Å². The standard InChI is InChI=1S/C23H20FN3O3/c24-18-9-7-17(8-10-18)21(28)19-20(16-5-2-1-3-6-16)27(23(30)22(19)29)13-4-12-26-14-11-25-15-26/h1-3,5-11,14-15,20,28H,4,12-13H2/b21-19+/t20-/m1/s1. The molecule has 0 aliphatic carbocycles. The van der Waals surface area contributed by atoms with Gasteiger partial charge in [0, 0.05) is 31.0 Å². The van der Waals surface area contributed by atoms with Crippen LogP contribution in [0, 0.1) is 5.82 Å². The molecule has 0 spiro atoms. The number of nitrogens with zero attached hydrogens (tertiary/aromatic N) is 3. The lowest BCUT2D eigenvalue weighted by molar-refractivity contribution is -0.139. The molecule has 0 saturated carbocycles. The van der Waals surface area contributed by atoms with E-state index >= 15 is 0 Å². The number of aliphatic hydroxyl groups excluding tert-OH is 1. The topological polar surface area (TPSA) is 75.4 Å². The molecule has 1 saturated heterocycles. The number of hydrogen-bond donors (Lipinski definition) is 1. The number of amides is 1. The molecule has 30 heavy (non-hydrogen) atoms. The molecule has 1 N–H and O–H groups in total. The van der Waals surface area contributed by atoms with Crippen molar-refractivity contribution >= 4 is 17.4 Å². The number of imidazole rings is 1. The van der Waals surface area contributed by atoms with Crippen molar-refractivity contribution in [3.05, 3.63) is 95.8 Å². The fourth-order valence-electron chi connectivity index (χ4n) is 3.70. The van der Waals surface area contributed by atoms with E-state index in [1.807, 2.05) is 41.1 Å². The van der Waals surface area contributed by atoms with Crippen molar-refractivity contribution in [1.82, 2.24) is 14.5 Å². The number of carbonyl (C=O) groups is 2. The van der Waals surface area contributed by atoms with Gasteiger partial charge in [-0.15, -0.1) is 0 Å². The van der Waals surface area contributed by atoms with Crippen molar-refractivity contribution in [2.75, 3.05) is 6.54 Å². The Morgan fingerprint density at radius 2 is 1.77 bits per heavy atom. The molecule has 0 radical (unpaired) electrons. The quantitative estimate of drug-likeness (QED) is 0.387. The molecule has 1 amide bonds. The summed E-state index contributed by atoms with van der Waals surface area (Å²) in [4.78, 5) is 31.2. The van der Waals surface area contributed by atoms with Crippen LogP contribution in [0.2, 0.25) is 0 Å². The Balaban J connectivity index is 1.71. The first-order valence-corrected chi connectivity index (χ1v) is 9.61. The summed E-state index contributed by atoms with van der Waals surface area (Å²) in [5.41, 5.74) is 1.03. The fraction of sp³-hybridized carbons (Fsp3) is 0.174. The van der Waals surface area contributed by atoms with Crippen LogP contribution >= 0.6 is 0 Å². The highest BCUT2D eigenvalue weighted by Crippen LogP contribution is 2.39. The third kappa shape index (κ3) is 3.74. The summed E-state index contributed by atoms with van der Waals surface area (Å²) in [7, 11) is 0. The monoisotopic (exact) mass is 405 g/mol. The summed E-state index contributed by atoms with van der Waals surface area (Å²) < 4.78 is 15.2. The Bertz CT molecular complexity index is 1080. The van der Waals surface area contributed by atoms with Gasteiger partial charge in [-0.3, -0.25) is 9.59 Å². The second-order valence-electron chi connectivity index (χ2n) is 7.06. The maximum absolute atomic E-state index is 13.3. The van der Waals surface area contributed by atoms with Gasteiger partial charge >= 0.3 is 0 Å². The molecule has 7 heteroatoms. The van der Waals surface area contributed by atoms with E-state index in [1.54, 1.807) is 12.5 Å². The van der Waals surface area contributed by atoms with Crippen LogP contribution in [0.15, 0.2) is 78.9 Å². The summed E-state index contributed by atoms with van der Waals surface area (Å²) in [5, 5.41) is 10.9. The fourth-order valence-corrected chi connectivity index (χ4v) is 3.70. The van der Waals surface area contributed by atoms with Crippen LogP contribution in [0.25, 0.3) is 5.76 Å². The number of benzene rings is 2. The third-order valence-electron chi connectivity index (χ3n) is 5.15. The molecule has 0 bridgehead atoms. The number of likely N-dealkylation sites (tertiary alicyclic amines) is 1. The third-order valence-corrected chi connectivity index (χ3v) is 5.15. The van der Waals surface area contributed by atoms with Crippen LogP contribution in [0.3, 0.4) is 0 Å². The molecule has 152 valence electrons. The van der Waals surface area contributed by atoms with Crippen molar-refractivity contribution in [2.45, 2.75) is 19.0 Å². The lowest BCUT2D eigenvalue weighted by atomic mass is 9.95. The van der Waals surface area contributed by atoms with Crippen LogP contribution < -0.4 is 0 Å². The Kier molecular flexibility index (Phi) is 5.43. The van der Waals surface area contributed by atoms with E-state index in [0.29, 0.717) is 19.5 Å². The number of halogens is 1. The lowest BCUT2D eigenvalue weighted by Crippen LogP contribution is -2.31. The zero-order chi connectivity index (χ0) is 21.1. The number of aliphatic hydroxyl groups is 1. The number of Topliss-reactive ketones (excluding diaryl/α,β-unsaturated/α-hetero) is 1. The minimum atomic E-state index is -0.742. The molecular weight excluding hydrogens is 385 g/mol. The summed E-state index contributed by atoms with van der Waals surface area (Å²) in [6.45, 7) is 0.977. The zero-order valence-electron chi connectivity index (χ0n) is 16.1. The van der Waals surface area contributed by atoms with Gasteiger partial charge in [-0.05, 0) is 36.2 Å². The summed E-state index contributed by atoms with van der Waals surface area (Å²) in [6.07, 6.45) is 5.82. The second-order valence-corrected chi connectivity index (χ2v) is 7.06. The molecule has 3 aromatic rings. The highest BCUT2D eigenvalue weighted by Gasteiger charge is 2.45. The van der Waals surface area contributed by atoms with Crippen molar-refractivity contribution in [3.8, 4) is 0 Å². The predicted molar refractivity (Wildman–Crippen MR) is 109 cm³/mol. The first-order valence-electron chi connectivity index (χ1n) is 9.61. The molecule has 1 fully saturated rings. The van der Waals surface area contributed by atoms with Gasteiger partial charge in [0.05, 0.1) is 17.9 Å². The van der Waals surface area contributed by atoms with Gasteiger partial charge in [0.15, 0.2) is 0 Å². The lowest BCUT2D eigenvalue weighted by Gasteiger charge is -2.25. The number of aryl methyl sites for hydroxylation is 1. The highest BCUT2D eigenvalue weighted by molar-refractivity contribution is 6.46. The van der Waals surface area contributed by atoms with Gasteiger partial charge < -0.3 is 14.6 Å². The van der Waals surface area contributed by atoms with Gasteiger partial charge in [0.25, 0.3) is 11.7 Å². The van der Waals surface area contributed by atoms with Crippen LogP contribution in [-0.2, 0) is 16.1 Å². The second kappa shape index (κ2) is 8.32. The molecule has 1 atom stereocenters. The minimum Gasteiger partial charge on any atom is -0.507 e. The number of carbonyl (C=O) groups excluding carboxylic acids is 2. The Morgan fingerprint density at radius 3 is 2.43 bits per heavy atom. The van der Waals surface area contributed by atoms with Crippen molar-refractivity contribution < 1.29 is 19.1 Å². The summed E-state index contributed by atoms with van der Waals surface area (Å²) >= 11 is 0. The number of aromatic nitrogens is 2. The van der Waals surface area contributed by atoms with Crippen molar-refractivity contribution in [1.29, 1.82) is 0 Å². The molecule has 1 aliphatic rings. The average Bonchev–Trinajstić information content (AvgIpc) is 3.37. The molecular formula is C23H20FN3O3. The van der Waals surface area contributed by atoms with E-state index in [1.165, 1.54) is 29.2 Å². The van der Waals surface area contributed by atoms with Gasteiger partial charge in [0.1, 0.15) is 11.6 Å². The Labute approximate surface area is 172 Å². The number of ketones is 1. The first kappa shape index (κ1) is 19.6. The van der Waals surface area contributed by atoms with Crippen LogP contribution in [-0.4, -0.2) is 37.8 Å². The smallest absolute Gasteiger partial charge is 0.295 e. The van der Waals surface area contributed by atoms with Gasteiger partial charge in [-0.1, -0.05) is 30.3 Å². The zero-order valence-corrected chi connectivity index (χ0v) is 16.1. The average molecular weight is 405 g/mol. The van der Waals surface area contributed by atoms with Gasteiger partial charge in [-0.25, -0.2) is 9.37 Å². The summed E-state index contributed by atoms with van der Waals surface area (Å²) in [5.74, 6) is -2.16. The van der Waals surface area contributed by atoms with Gasteiger partial charge in [-0.2, -0.15) is 0 Å². The van der Waals surface area contributed by atoms with Crippen LogP contribution in [0.4, 0.5) is 4.39 Å². The van der Waals surface area contributed by atoms with Crippen molar-refractivity contribution in [2.24, 2.45) is 0 Å². The van der Waals surface area contributed by atoms with Crippen LogP contribution in [0.5, 0.6) is 0 Å². The first-order chi connectivity index (χ1) is 14.6. The SMILES string of the molecule is O=C1C(=O)N(CCCn2ccnc2)[C@H](c2ccccc2)/C1=C(\O)c1ccc(F)cc1. The van der Waals surface area contributed by atoms with Crippen LogP contribution in [0.1, 0.15) is 23.6 Å². The normalized spacial score (nSPS) is 18.2. The highest BCUT2D eigenvalue weighted by atomic mass is 19.1. The van der Waals surface area contributed by atoms with E-state index in [0.717, 1.165) is 5.56 Å². The van der Waals surface area contributed by atoms with E-state index in [-0.39, 0.29) is 16.9 Å². The summed E-state index contributed by atoms with van der Waals surface area (Å²) in [6, 6.07) is 13.6. The molecule has 6 nitrogen and oxygen atoms in total. The van der Waals surface area contributed by atoms with Crippen molar-refractivity contribution in [3.63, 3.8) is 0 Å². The van der Waals surface area contributed by atoms with E-state index in [2.05, 4.69) is 4.98 Å². The van der Waals surface area contributed by atoms with E-state index in [9.17, 15) is 19.1 Å². The molecule has 1 aliphatic heterocycles. The number of rotatable bonds is 6. The maximum atomic E-state index is 13.3. The molecule has 4 rings (SSSR count). The van der Waals surface area contributed by atoms with E-state index < -0.39 is 23.5 Å². The predicted octanol–water partition coefficient (Wildman–Crippen LogP) is 3.53. The Morgan fingerprint density at radius 1 is 1.03 bits per heavy atom. The number of hydrogen-bond acceptors (Lipinski definition) is 4.